The Labute approximate surface area is 389 Å². The van der Waals surface area contributed by atoms with Gasteiger partial charge in [0.15, 0.2) is 6.23 Å². The van der Waals surface area contributed by atoms with Crippen molar-refractivity contribution in [3.63, 3.8) is 0 Å². The lowest BCUT2D eigenvalue weighted by Crippen LogP contribution is -2.33. The molecule has 1 saturated heterocycles. The van der Waals surface area contributed by atoms with Crippen LogP contribution in [-0.2, 0) is 54.6 Å². The number of benzene rings is 2. The largest absolute Gasteiger partial charge is 0.484 e. The zero-order valence-electron chi connectivity index (χ0n) is 38.2. The van der Waals surface area contributed by atoms with Crippen molar-refractivity contribution in [1.29, 1.82) is 0 Å². The van der Waals surface area contributed by atoms with Crippen molar-refractivity contribution < 1.29 is 70.7 Å². The number of nitrogens with zero attached hydrogens (tertiary/aromatic N) is 3. The number of carbonyl (C=O) groups excluding carboxylic acids is 3. The molecule has 5 rings (SSSR count). The van der Waals surface area contributed by atoms with Crippen LogP contribution in [0.3, 0.4) is 0 Å². The summed E-state index contributed by atoms with van der Waals surface area (Å²) in [5.41, 5.74) is 12.4. The molecule has 2 aromatic carbocycles. The number of fused-ring (bicyclic) bond motifs is 1. The second-order valence-corrected chi connectivity index (χ2v) is 19.6. The number of aliphatic hydroxyl groups is 2. The Bertz CT molecular complexity index is 2270. The molecular weight excluding hydrogens is 912 g/mol. The van der Waals surface area contributed by atoms with Crippen molar-refractivity contribution in [1.82, 2.24) is 14.5 Å². The zero-order valence-corrected chi connectivity index (χ0v) is 39.9. The number of hydrogen-bond donors (Lipinski definition) is 5. The number of primary amides is 1. The average Bonchev–Trinajstić information content (AvgIpc) is 3.81. The first-order chi connectivity index (χ1) is 32.0. The van der Waals surface area contributed by atoms with Gasteiger partial charge in [-0.15, -0.1) is 0 Å². The third-order valence-corrected chi connectivity index (χ3v) is 13.8. The SMILES string of the molecule is CCCCCCCCC(=O)Oc1ccc(COP(=O)(OCc2ccc(OC(=O)CCCCCCCC)cc2)OP(=O)(O)OCC2O[C@@H](n3cc(C(N)=O)c4c(N)nc(C)nc43)[C@H](O)[C@@H]2O)cc1. The van der Waals surface area contributed by atoms with Gasteiger partial charge in [0.05, 0.1) is 30.8 Å². The van der Waals surface area contributed by atoms with E-state index in [4.69, 9.17) is 43.6 Å². The molecule has 0 bridgehead atoms. The van der Waals surface area contributed by atoms with Gasteiger partial charge in [-0.2, -0.15) is 4.31 Å². The van der Waals surface area contributed by atoms with Gasteiger partial charge < -0.3 is 45.4 Å². The molecule has 1 amide bonds. The van der Waals surface area contributed by atoms with Crippen molar-refractivity contribution in [2.45, 2.75) is 148 Å². The summed E-state index contributed by atoms with van der Waals surface area (Å²) in [5.74, 6) is -0.943. The summed E-state index contributed by atoms with van der Waals surface area (Å²) in [6, 6.07) is 12.2. The van der Waals surface area contributed by atoms with Crippen LogP contribution in [0, 0.1) is 6.92 Å². The van der Waals surface area contributed by atoms with Crippen LogP contribution in [0.25, 0.3) is 11.0 Å². The number of ether oxygens (including phenoxy) is 3. The van der Waals surface area contributed by atoms with Crippen LogP contribution in [-0.4, -0.2) is 72.4 Å². The number of amides is 1. The number of carbonyl (C=O) groups is 3. The van der Waals surface area contributed by atoms with Crippen LogP contribution >= 0.6 is 15.6 Å². The van der Waals surface area contributed by atoms with Gasteiger partial charge in [-0.3, -0.25) is 28.0 Å². The summed E-state index contributed by atoms with van der Waals surface area (Å²) in [7, 11) is -10.4. The lowest BCUT2D eigenvalue weighted by atomic mass is 10.1. The highest BCUT2D eigenvalue weighted by molar-refractivity contribution is 7.61. The Morgan fingerprint density at radius 3 is 1.72 bits per heavy atom. The maximum Gasteiger partial charge on any atom is 0.484 e. The second-order valence-electron chi connectivity index (χ2n) is 16.3. The molecule has 22 heteroatoms. The molecule has 4 aromatic rings. The van der Waals surface area contributed by atoms with Crippen molar-refractivity contribution in [2.24, 2.45) is 5.73 Å². The topological polar surface area (TPSA) is 293 Å². The Balaban J connectivity index is 1.23. The number of aliphatic hydroxyl groups excluding tert-OH is 2. The van der Waals surface area contributed by atoms with Gasteiger partial charge in [0.1, 0.15) is 47.1 Å². The molecule has 0 spiro atoms. The van der Waals surface area contributed by atoms with Gasteiger partial charge in [0.2, 0.25) is 0 Å². The standard InChI is InChI=1S/C45H63N5O15P2/c1-4-6-8-10-12-14-16-37(51)62-33-22-18-31(19-23-33)27-60-67(58,61-28-32-20-24-34(25-21-32)63-38(52)17-15-13-11-9-7-5-2)65-66(56,57)59-29-36-40(53)41(54)45(64-36)50-26-35(43(47)55)39-42(46)48-30(3)49-44(39)50/h18-26,36,40-41,45,53-54H,4-17,27-29H2,1-3H3,(H2,47,55)(H,56,57)(H2,46,48,49)/t36?,40-,41-,45-/m1/s1. The fraction of sp³-hybridized carbons (Fsp3) is 0.533. The van der Waals surface area contributed by atoms with Gasteiger partial charge in [-0.25, -0.2) is 19.1 Å². The smallest absolute Gasteiger partial charge is 0.427 e. The number of phosphoric acid groups is 2. The first kappa shape index (κ1) is 53.4. The number of rotatable bonds is 29. The third kappa shape index (κ3) is 16.3. The monoisotopic (exact) mass is 975 g/mol. The van der Waals surface area contributed by atoms with Crippen LogP contribution in [0.5, 0.6) is 11.5 Å². The Morgan fingerprint density at radius 1 is 0.731 bits per heavy atom. The summed E-state index contributed by atoms with van der Waals surface area (Å²) >= 11 is 0. The van der Waals surface area contributed by atoms with E-state index < -0.39 is 65.9 Å². The van der Waals surface area contributed by atoms with Crippen LogP contribution in [0.15, 0.2) is 54.7 Å². The minimum atomic E-state index is -5.40. The van der Waals surface area contributed by atoms with Crippen LogP contribution in [0.2, 0.25) is 0 Å². The molecule has 7 N–H and O–H groups in total. The molecule has 2 aromatic heterocycles. The van der Waals surface area contributed by atoms with Gasteiger partial charge in [-0.1, -0.05) is 102 Å². The van der Waals surface area contributed by atoms with E-state index in [-0.39, 0.29) is 64.5 Å². The molecule has 1 fully saturated rings. The number of hydrogen-bond acceptors (Lipinski definition) is 17. The molecule has 0 radical (unpaired) electrons. The molecule has 2 unspecified atom stereocenters. The normalized spacial score (nSPS) is 18.2. The lowest BCUT2D eigenvalue weighted by Gasteiger charge is -2.22. The van der Waals surface area contributed by atoms with E-state index in [1.807, 2.05) is 0 Å². The van der Waals surface area contributed by atoms with E-state index in [9.17, 15) is 38.6 Å². The van der Waals surface area contributed by atoms with Gasteiger partial charge in [0, 0.05) is 19.0 Å². The summed E-state index contributed by atoms with van der Waals surface area (Å²) < 4.78 is 66.8. The van der Waals surface area contributed by atoms with E-state index in [1.165, 1.54) is 59.3 Å². The third-order valence-electron chi connectivity index (χ3n) is 10.9. The Hall–Kier alpha value is -4.59. The molecule has 1 aliphatic heterocycles. The van der Waals surface area contributed by atoms with E-state index in [2.05, 4.69) is 23.8 Å². The molecule has 5 atom stereocenters. The number of aromatic nitrogens is 3. The van der Waals surface area contributed by atoms with Crippen molar-refractivity contribution in [2.75, 3.05) is 12.3 Å². The molecular formula is C45H63N5O15P2. The average molecular weight is 976 g/mol. The van der Waals surface area contributed by atoms with Gasteiger partial charge >= 0.3 is 27.6 Å². The number of nitrogens with two attached hydrogens (primary N) is 2. The van der Waals surface area contributed by atoms with Crippen LogP contribution < -0.4 is 20.9 Å². The Kier molecular flexibility index (Phi) is 20.5. The summed E-state index contributed by atoms with van der Waals surface area (Å²) in [6.45, 7) is 3.98. The summed E-state index contributed by atoms with van der Waals surface area (Å²) in [4.78, 5) is 56.3. The van der Waals surface area contributed by atoms with Crippen molar-refractivity contribution in [3.05, 3.63) is 77.2 Å². The lowest BCUT2D eigenvalue weighted by molar-refractivity contribution is -0.135. The van der Waals surface area contributed by atoms with Gasteiger partial charge in [0.25, 0.3) is 5.91 Å². The maximum absolute atomic E-state index is 14.2. The first-order valence-electron chi connectivity index (χ1n) is 22.6. The molecule has 20 nitrogen and oxygen atoms in total. The van der Waals surface area contributed by atoms with E-state index in [1.54, 1.807) is 6.92 Å². The molecule has 368 valence electrons. The minimum absolute atomic E-state index is 0.0568. The molecule has 0 saturated carbocycles. The minimum Gasteiger partial charge on any atom is -0.427 e. The first-order valence-corrected chi connectivity index (χ1v) is 25.6. The predicted molar refractivity (Wildman–Crippen MR) is 245 cm³/mol. The number of anilines is 1. The fourth-order valence-corrected chi connectivity index (χ4v) is 9.85. The number of nitrogen functional groups attached to an aromatic ring is 1. The summed E-state index contributed by atoms with van der Waals surface area (Å²) in [5, 5.41) is 22.0. The van der Waals surface area contributed by atoms with Crippen molar-refractivity contribution >= 4 is 50.3 Å². The number of aryl methyl sites for hydroxylation is 1. The molecule has 67 heavy (non-hydrogen) atoms. The van der Waals surface area contributed by atoms with E-state index in [0.717, 1.165) is 64.2 Å². The number of phosphoric ester groups is 2. The van der Waals surface area contributed by atoms with Gasteiger partial charge in [-0.05, 0) is 55.2 Å². The highest BCUT2D eigenvalue weighted by Gasteiger charge is 2.47. The zero-order chi connectivity index (χ0) is 48.6. The second kappa shape index (κ2) is 25.7. The number of unbranched alkanes of at least 4 members (excludes halogenated alkanes) is 10. The fourth-order valence-electron chi connectivity index (χ4n) is 7.25. The predicted octanol–water partition coefficient (Wildman–Crippen LogP) is 8.03. The summed E-state index contributed by atoms with van der Waals surface area (Å²) in [6.07, 6.45) is 7.66. The highest BCUT2D eigenvalue weighted by atomic mass is 31.3. The van der Waals surface area contributed by atoms with Crippen LogP contribution in [0.1, 0.15) is 137 Å². The van der Waals surface area contributed by atoms with E-state index >= 15 is 0 Å². The van der Waals surface area contributed by atoms with E-state index in [0.29, 0.717) is 24.0 Å². The van der Waals surface area contributed by atoms with Crippen LogP contribution in [0.4, 0.5) is 5.82 Å². The molecule has 1 aliphatic rings. The highest BCUT2D eigenvalue weighted by Crippen LogP contribution is 2.64. The molecule has 0 aliphatic carbocycles. The molecule has 3 heterocycles. The quantitative estimate of drug-likeness (QED) is 0.0149. The Morgan fingerprint density at radius 2 is 1.22 bits per heavy atom. The van der Waals surface area contributed by atoms with Crippen molar-refractivity contribution in [3.8, 4) is 11.5 Å². The number of esters is 2. The maximum atomic E-state index is 14.2.